The Labute approximate surface area is 219 Å². The van der Waals surface area contributed by atoms with Gasteiger partial charge in [-0.3, -0.25) is 4.79 Å². The summed E-state index contributed by atoms with van der Waals surface area (Å²) in [5, 5.41) is 6.91. The summed E-state index contributed by atoms with van der Waals surface area (Å²) >= 11 is 0. The lowest BCUT2D eigenvalue weighted by atomic mass is 10.0. The molecule has 0 amide bonds. The Balaban J connectivity index is 1.37. The Hall–Kier alpha value is -3.49. The number of piperazine rings is 1. The molecule has 0 saturated carbocycles. The maximum Gasteiger partial charge on any atom is 0.227 e. The highest BCUT2D eigenvalue weighted by Gasteiger charge is 2.22. The Morgan fingerprint density at radius 1 is 1.03 bits per heavy atom. The number of nitrogens with zero attached hydrogens (tertiary/aromatic N) is 3. The lowest BCUT2D eigenvalue weighted by Gasteiger charge is -2.38. The molecule has 3 aromatic rings. The molecule has 2 atom stereocenters. The first kappa shape index (κ1) is 26.6. The van der Waals surface area contributed by atoms with Gasteiger partial charge in [-0.05, 0) is 86.7 Å². The minimum atomic E-state index is -0.0678. The van der Waals surface area contributed by atoms with E-state index < -0.39 is 0 Å². The van der Waals surface area contributed by atoms with Gasteiger partial charge in [0.2, 0.25) is 5.95 Å². The minimum Gasteiger partial charge on any atom is -0.497 e. The largest absolute Gasteiger partial charge is 0.497 e. The van der Waals surface area contributed by atoms with E-state index in [-0.39, 0.29) is 12.4 Å². The second-order valence-corrected chi connectivity index (χ2v) is 9.84. The van der Waals surface area contributed by atoms with Crippen LogP contribution in [0.25, 0.3) is 0 Å². The fraction of sp³-hybridized carbons (Fsp3) is 0.414. The van der Waals surface area contributed by atoms with Crippen molar-refractivity contribution in [1.82, 2.24) is 15.3 Å². The van der Waals surface area contributed by atoms with Crippen molar-refractivity contribution in [2.75, 3.05) is 44.1 Å². The van der Waals surface area contributed by atoms with E-state index in [0.717, 1.165) is 42.7 Å². The molecule has 8 heteroatoms. The molecule has 0 aliphatic carbocycles. The molecule has 0 unspecified atom stereocenters. The molecule has 0 spiro atoms. The second kappa shape index (κ2) is 12.2. The number of ketones is 1. The molecule has 37 heavy (non-hydrogen) atoms. The summed E-state index contributed by atoms with van der Waals surface area (Å²) in [6.45, 7) is 8.66. The average Bonchev–Trinajstić information content (AvgIpc) is 2.87. The first-order valence-electron chi connectivity index (χ1n) is 12.7. The number of benzene rings is 2. The molecule has 2 heterocycles. The van der Waals surface area contributed by atoms with Gasteiger partial charge in [0.1, 0.15) is 12.4 Å². The van der Waals surface area contributed by atoms with Crippen molar-refractivity contribution in [3.05, 3.63) is 71.0 Å². The average molecular weight is 504 g/mol. The minimum absolute atomic E-state index is 0.0469. The molecule has 8 nitrogen and oxygen atoms in total. The molecule has 1 saturated heterocycles. The smallest absolute Gasteiger partial charge is 0.227 e. The van der Waals surface area contributed by atoms with Crippen LogP contribution in [0.1, 0.15) is 40.9 Å². The molecule has 4 rings (SSSR count). The summed E-state index contributed by atoms with van der Waals surface area (Å²) in [5.74, 6) is 1.16. The van der Waals surface area contributed by atoms with Crippen LogP contribution in [0.2, 0.25) is 0 Å². The Morgan fingerprint density at radius 2 is 1.73 bits per heavy atom. The molecular formula is C29H37N5O3. The highest BCUT2D eigenvalue weighted by Crippen LogP contribution is 2.26. The van der Waals surface area contributed by atoms with E-state index in [1.54, 1.807) is 13.2 Å². The predicted molar refractivity (Wildman–Crippen MR) is 147 cm³/mol. The third kappa shape index (κ3) is 7.05. The number of hydrogen-bond donors (Lipinski definition) is 2. The summed E-state index contributed by atoms with van der Waals surface area (Å²) < 4.78 is 10.4. The standard InChI is InChI=1S/C29H37N5O3/c1-19-10-25(8-9-27(19)34-16-20(2)32-21(3)17-34)33-29-30-14-23(15-31-29)7-6-22-11-24(28(35)18-36-4)13-26(12-22)37-5/h8-15,20-21,32H,6-7,16-18H2,1-5H3,(H,30,31,33)/t20-,21+. The zero-order chi connectivity index (χ0) is 26.4. The van der Waals surface area contributed by atoms with Gasteiger partial charge in [0.15, 0.2) is 5.78 Å². The van der Waals surface area contributed by atoms with E-state index in [2.05, 4.69) is 64.5 Å². The summed E-state index contributed by atoms with van der Waals surface area (Å²) in [7, 11) is 3.12. The number of nitrogens with one attached hydrogen (secondary N) is 2. The van der Waals surface area contributed by atoms with Gasteiger partial charge in [-0.2, -0.15) is 0 Å². The van der Waals surface area contributed by atoms with Gasteiger partial charge in [0.25, 0.3) is 0 Å². The van der Waals surface area contributed by atoms with Crippen LogP contribution >= 0.6 is 0 Å². The number of hydrogen-bond acceptors (Lipinski definition) is 8. The molecule has 196 valence electrons. The number of carbonyl (C=O) groups excluding carboxylic acids is 1. The molecule has 1 aromatic heterocycles. The van der Waals surface area contributed by atoms with E-state index in [9.17, 15) is 4.79 Å². The summed E-state index contributed by atoms with van der Waals surface area (Å²) in [5.41, 5.74) is 6.09. The van der Waals surface area contributed by atoms with Crippen LogP contribution in [0.15, 0.2) is 48.8 Å². The van der Waals surface area contributed by atoms with Gasteiger partial charge < -0.3 is 25.0 Å². The Kier molecular flexibility index (Phi) is 8.74. The molecule has 0 radical (unpaired) electrons. The summed E-state index contributed by atoms with van der Waals surface area (Å²) in [6, 6.07) is 12.9. The third-order valence-electron chi connectivity index (χ3n) is 6.56. The lowest BCUT2D eigenvalue weighted by Crippen LogP contribution is -2.54. The van der Waals surface area contributed by atoms with E-state index in [0.29, 0.717) is 29.3 Å². The van der Waals surface area contributed by atoms with Crippen LogP contribution in [0, 0.1) is 6.92 Å². The second-order valence-electron chi connectivity index (χ2n) is 9.84. The number of carbonyl (C=O) groups is 1. The van der Waals surface area contributed by atoms with Crippen molar-refractivity contribution in [2.24, 2.45) is 0 Å². The van der Waals surface area contributed by atoms with E-state index in [4.69, 9.17) is 9.47 Å². The monoisotopic (exact) mass is 503 g/mol. The number of anilines is 3. The van der Waals surface area contributed by atoms with E-state index in [1.165, 1.54) is 18.4 Å². The van der Waals surface area contributed by atoms with Crippen LogP contribution < -0.4 is 20.3 Å². The SMILES string of the molecule is COCC(=O)c1cc(CCc2cnc(Nc3ccc(N4C[C@@H](C)N[C@@H](C)C4)c(C)c3)nc2)cc(OC)c1. The normalized spacial score (nSPS) is 17.5. The van der Waals surface area contributed by atoms with Gasteiger partial charge in [0.05, 0.1) is 7.11 Å². The van der Waals surface area contributed by atoms with Crippen molar-refractivity contribution in [3.8, 4) is 5.75 Å². The molecule has 1 aliphatic heterocycles. The quantitative estimate of drug-likeness (QED) is 0.395. The van der Waals surface area contributed by atoms with Crippen molar-refractivity contribution >= 4 is 23.1 Å². The number of aryl methyl sites for hydroxylation is 3. The lowest BCUT2D eigenvalue weighted by molar-refractivity contribution is 0.0847. The third-order valence-corrected chi connectivity index (χ3v) is 6.56. The van der Waals surface area contributed by atoms with Crippen LogP contribution in [0.4, 0.5) is 17.3 Å². The van der Waals surface area contributed by atoms with Crippen molar-refractivity contribution in [3.63, 3.8) is 0 Å². The molecule has 1 fully saturated rings. The summed E-state index contributed by atoms with van der Waals surface area (Å²) in [6.07, 6.45) is 5.18. The zero-order valence-electron chi connectivity index (χ0n) is 22.4. The van der Waals surface area contributed by atoms with Crippen LogP contribution in [0.5, 0.6) is 5.75 Å². The topological polar surface area (TPSA) is 88.6 Å². The number of Topliss-reactive ketones (excluding diaryl/α,β-unsaturated/α-hetero) is 1. The summed E-state index contributed by atoms with van der Waals surface area (Å²) in [4.78, 5) is 23.7. The predicted octanol–water partition coefficient (Wildman–Crippen LogP) is 4.34. The van der Waals surface area contributed by atoms with Gasteiger partial charge >= 0.3 is 0 Å². The van der Waals surface area contributed by atoms with Crippen molar-refractivity contribution in [1.29, 1.82) is 0 Å². The van der Waals surface area contributed by atoms with E-state index >= 15 is 0 Å². The maximum atomic E-state index is 12.3. The van der Waals surface area contributed by atoms with Crippen molar-refractivity contribution in [2.45, 2.75) is 45.7 Å². The van der Waals surface area contributed by atoms with Crippen LogP contribution in [-0.4, -0.2) is 61.8 Å². The number of ether oxygens (including phenoxy) is 2. The van der Waals surface area contributed by atoms with Crippen molar-refractivity contribution < 1.29 is 14.3 Å². The van der Waals surface area contributed by atoms with Gasteiger partial charge in [-0.1, -0.05) is 0 Å². The fourth-order valence-corrected chi connectivity index (χ4v) is 4.88. The number of rotatable bonds is 10. The first-order chi connectivity index (χ1) is 17.8. The molecular weight excluding hydrogens is 466 g/mol. The maximum absolute atomic E-state index is 12.3. The number of methoxy groups -OCH3 is 2. The Bertz CT molecular complexity index is 1200. The van der Waals surface area contributed by atoms with Gasteiger partial charge in [-0.25, -0.2) is 9.97 Å². The van der Waals surface area contributed by atoms with Crippen LogP contribution in [-0.2, 0) is 17.6 Å². The molecule has 2 N–H and O–H groups in total. The van der Waals surface area contributed by atoms with Gasteiger partial charge in [0, 0.05) is 61.6 Å². The molecule has 0 bridgehead atoms. The first-order valence-corrected chi connectivity index (χ1v) is 12.7. The fourth-order valence-electron chi connectivity index (χ4n) is 4.88. The Morgan fingerprint density at radius 3 is 2.38 bits per heavy atom. The molecule has 1 aliphatic rings. The zero-order valence-corrected chi connectivity index (χ0v) is 22.4. The van der Waals surface area contributed by atoms with Crippen LogP contribution in [0.3, 0.4) is 0 Å². The number of aromatic nitrogens is 2. The highest BCUT2D eigenvalue weighted by molar-refractivity contribution is 5.97. The van der Waals surface area contributed by atoms with E-state index in [1.807, 2.05) is 24.5 Å². The molecule has 2 aromatic carbocycles. The highest BCUT2D eigenvalue weighted by atomic mass is 16.5. The van der Waals surface area contributed by atoms with Gasteiger partial charge in [-0.15, -0.1) is 0 Å².